The normalized spacial score (nSPS) is 14.0. The second-order valence-electron chi connectivity index (χ2n) is 8.42. The van der Waals surface area contributed by atoms with Crippen LogP contribution in [-0.4, -0.2) is 48.4 Å². The number of ether oxygens (including phenoxy) is 1. The summed E-state index contributed by atoms with van der Waals surface area (Å²) in [5.74, 6) is -0.512. The Labute approximate surface area is 217 Å². The van der Waals surface area contributed by atoms with E-state index in [9.17, 15) is 19.4 Å². The van der Waals surface area contributed by atoms with Crippen molar-refractivity contribution in [3.8, 4) is 0 Å². The van der Waals surface area contributed by atoms with E-state index in [1.807, 2.05) is 97.9 Å². The number of aliphatic hydroxyl groups is 1. The van der Waals surface area contributed by atoms with E-state index in [4.69, 9.17) is 13.8 Å². The lowest BCUT2D eigenvalue weighted by molar-refractivity contribution is -0.153. The smallest absolute Gasteiger partial charge is 0.457 e. The predicted molar refractivity (Wildman–Crippen MR) is 141 cm³/mol. The van der Waals surface area contributed by atoms with Crippen molar-refractivity contribution in [3.63, 3.8) is 0 Å². The summed E-state index contributed by atoms with van der Waals surface area (Å²) in [6.07, 6.45) is -0.284. The maximum atomic E-state index is 12.4. The number of phosphoric ester groups is 1. The highest BCUT2D eigenvalue weighted by atomic mass is 31.2. The lowest BCUT2D eigenvalue weighted by atomic mass is 9.77. The largest absolute Gasteiger partial charge is 0.472 e. The van der Waals surface area contributed by atoms with Gasteiger partial charge < -0.3 is 14.7 Å². The van der Waals surface area contributed by atoms with Gasteiger partial charge in [-0.3, -0.25) is 19.2 Å². The summed E-state index contributed by atoms with van der Waals surface area (Å²) in [7, 11) is -4.46. The van der Waals surface area contributed by atoms with Crippen molar-refractivity contribution in [2.24, 2.45) is 0 Å². The molecule has 0 saturated heterocycles. The van der Waals surface area contributed by atoms with Gasteiger partial charge in [0.15, 0.2) is 0 Å². The monoisotopic (exact) mass is 527 g/mol. The first kappa shape index (κ1) is 28.7. The van der Waals surface area contributed by atoms with Crippen LogP contribution >= 0.6 is 7.82 Å². The molecule has 3 aromatic rings. The Kier molecular flexibility index (Phi) is 11.0. The first-order valence-corrected chi connectivity index (χ1v) is 13.7. The molecule has 198 valence electrons. The second kappa shape index (κ2) is 14.2. The van der Waals surface area contributed by atoms with Gasteiger partial charge in [0.2, 0.25) is 0 Å². The van der Waals surface area contributed by atoms with Crippen molar-refractivity contribution in [1.82, 2.24) is 5.32 Å². The number of benzene rings is 3. The van der Waals surface area contributed by atoms with Crippen molar-refractivity contribution < 1.29 is 33.1 Å². The number of carbonyl (C=O) groups is 1. The Balaban J connectivity index is 1.72. The van der Waals surface area contributed by atoms with Crippen molar-refractivity contribution in [3.05, 3.63) is 108 Å². The molecule has 9 heteroatoms. The standard InChI is InChI=1S/C28H34NO7P/c1-2-12-27(31)36-26(21-30)22-35-37(32,33)34-20-19-29-28(23-13-6-3-7-14-23,24-15-8-4-9-16-24)25-17-10-5-11-18-25/h3-11,13-18,26,29-30H,2,12,19-22H2,1H3,(H,32,33)/t26-/m0/s1. The molecule has 3 N–H and O–H groups in total. The summed E-state index contributed by atoms with van der Waals surface area (Å²) in [5, 5.41) is 12.9. The van der Waals surface area contributed by atoms with Crippen molar-refractivity contribution in [2.45, 2.75) is 31.4 Å². The fraction of sp³-hybridized carbons (Fsp3) is 0.321. The van der Waals surface area contributed by atoms with Gasteiger partial charge in [0, 0.05) is 13.0 Å². The number of esters is 1. The van der Waals surface area contributed by atoms with Crippen LogP contribution in [-0.2, 0) is 28.7 Å². The van der Waals surface area contributed by atoms with Crippen LogP contribution in [0, 0.1) is 0 Å². The Morgan fingerprint density at radius 3 is 1.81 bits per heavy atom. The minimum atomic E-state index is -4.46. The lowest BCUT2D eigenvalue weighted by Gasteiger charge is -2.37. The molecule has 0 saturated carbocycles. The molecule has 3 rings (SSSR count). The molecule has 0 spiro atoms. The molecule has 3 aromatic carbocycles. The van der Waals surface area contributed by atoms with Crippen LogP contribution in [0.25, 0.3) is 0 Å². The summed E-state index contributed by atoms with van der Waals surface area (Å²) >= 11 is 0. The molecule has 8 nitrogen and oxygen atoms in total. The van der Waals surface area contributed by atoms with Gasteiger partial charge >= 0.3 is 13.8 Å². The van der Waals surface area contributed by atoms with Crippen LogP contribution in [0.4, 0.5) is 0 Å². The van der Waals surface area contributed by atoms with E-state index < -0.39 is 38.6 Å². The van der Waals surface area contributed by atoms with Gasteiger partial charge in [0.1, 0.15) is 6.10 Å². The maximum absolute atomic E-state index is 12.4. The van der Waals surface area contributed by atoms with Crippen LogP contribution < -0.4 is 5.32 Å². The number of carbonyl (C=O) groups excluding carboxylic acids is 1. The van der Waals surface area contributed by atoms with Crippen LogP contribution in [0.15, 0.2) is 91.0 Å². The number of hydrogen-bond acceptors (Lipinski definition) is 7. The number of hydrogen-bond donors (Lipinski definition) is 3. The quantitative estimate of drug-likeness (QED) is 0.115. The molecule has 0 aliphatic rings. The van der Waals surface area contributed by atoms with E-state index in [2.05, 4.69) is 5.32 Å². The first-order chi connectivity index (χ1) is 17.9. The Bertz CT molecular complexity index is 1030. The highest BCUT2D eigenvalue weighted by Gasteiger charge is 2.36. The molecule has 37 heavy (non-hydrogen) atoms. The van der Waals surface area contributed by atoms with Crippen LogP contribution in [0.1, 0.15) is 36.5 Å². The van der Waals surface area contributed by atoms with E-state index in [-0.39, 0.29) is 19.6 Å². The zero-order valence-corrected chi connectivity index (χ0v) is 21.8. The topological polar surface area (TPSA) is 114 Å². The molecule has 0 aliphatic heterocycles. The summed E-state index contributed by atoms with van der Waals surface area (Å²) < 4.78 is 27.6. The van der Waals surface area contributed by atoms with E-state index in [1.165, 1.54) is 0 Å². The molecule has 0 heterocycles. The number of nitrogens with one attached hydrogen (secondary N) is 1. The molecular weight excluding hydrogens is 493 g/mol. The average Bonchev–Trinajstić information content (AvgIpc) is 2.93. The maximum Gasteiger partial charge on any atom is 0.472 e. The summed E-state index contributed by atoms with van der Waals surface area (Å²) in [6.45, 7) is 0.889. The third-order valence-electron chi connectivity index (χ3n) is 5.75. The van der Waals surface area contributed by atoms with E-state index in [1.54, 1.807) is 0 Å². The van der Waals surface area contributed by atoms with Crippen molar-refractivity contribution >= 4 is 13.8 Å². The summed E-state index contributed by atoms with van der Waals surface area (Å²) in [4.78, 5) is 21.8. The van der Waals surface area contributed by atoms with Gasteiger partial charge in [0.25, 0.3) is 0 Å². The molecule has 0 amide bonds. The molecule has 2 atom stereocenters. The number of rotatable bonds is 15. The molecule has 0 fully saturated rings. The Hall–Kier alpha value is -2.84. The zero-order chi connectivity index (χ0) is 26.6. The van der Waals surface area contributed by atoms with Crippen molar-refractivity contribution in [1.29, 1.82) is 0 Å². The van der Waals surface area contributed by atoms with Gasteiger partial charge in [-0.2, -0.15) is 0 Å². The fourth-order valence-corrected chi connectivity index (χ4v) is 4.81. The molecule has 1 unspecified atom stereocenters. The van der Waals surface area contributed by atoms with Gasteiger partial charge in [-0.05, 0) is 23.1 Å². The predicted octanol–water partition coefficient (Wildman–Crippen LogP) is 4.41. The highest BCUT2D eigenvalue weighted by Crippen LogP contribution is 2.43. The third kappa shape index (κ3) is 8.07. The molecular formula is C28H34NO7P. The van der Waals surface area contributed by atoms with Gasteiger partial charge in [-0.1, -0.05) is 97.9 Å². The number of phosphoric acid groups is 1. The Morgan fingerprint density at radius 1 is 0.892 bits per heavy atom. The SMILES string of the molecule is CCCC(=O)O[C@@H](CO)COP(=O)(O)OCCNC(c1ccccc1)(c1ccccc1)c1ccccc1. The molecule has 0 aromatic heterocycles. The Morgan fingerprint density at radius 2 is 1.38 bits per heavy atom. The van der Waals surface area contributed by atoms with Crippen LogP contribution in [0.3, 0.4) is 0 Å². The van der Waals surface area contributed by atoms with E-state index in [0.29, 0.717) is 6.42 Å². The zero-order valence-electron chi connectivity index (χ0n) is 20.9. The highest BCUT2D eigenvalue weighted by molar-refractivity contribution is 7.47. The molecule has 0 bridgehead atoms. The summed E-state index contributed by atoms with van der Waals surface area (Å²) in [6, 6.07) is 29.8. The fourth-order valence-electron chi connectivity index (χ4n) is 4.06. The lowest BCUT2D eigenvalue weighted by Crippen LogP contribution is -2.46. The minimum absolute atomic E-state index is 0.137. The first-order valence-electron chi connectivity index (χ1n) is 12.2. The summed E-state index contributed by atoms with van der Waals surface area (Å²) in [5.41, 5.74) is 2.24. The minimum Gasteiger partial charge on any atom is -0.457 e. The van der Waals surface area contributed by atoms with Crippen LogP contribution in [0.2, 0.25) is 0 Å². The average molecular weight is 528 g/mol. The third-order valence-corrected chi connectivity index (χ3v) is 6.73. The van der Waals surface area contributed by atoms with Crippen LogP contribution in [0.5, 0.6) is 0 Å². The molecule has 0 radical (unpaired) electrons. The van der Waals surface area contributed by atoms with E-state index >= 15 is 0 Å². The van der Waals surface area contributed by atoms with Crippen molar-refractivity contribution in [2.75, 3.05) is 26.4 Å². The second-order valence-corrected chi connectivity index (χ2v) is 9.87. The van der Waals surface area contributed by atoms with Gasteiger partial charge in [-0.25, -0.2) is 4.57 Å². The number of aliphatic hydroxyl groups excluding tert-OH is 1. The van der Waals surface area contributed by atoms with Gasteiger partial charge in [-0.15, -0.1) is 0 Å². The van der Waals surface area contributed by atoms with E-state index in [0.717, 1.165) is 16.7 Å². The molecule has 0 aliphatic carbocycles. The van der Waals surface area contributed by atoms with Gasteiger partial charge in [0.05, 0.1) is 25.4 Å².